The van der Waals surface area contributed by atoms with Gasteiger partial charge in [0.2, 0.25) is 5.78 Å². The van der Waals surface area contributed by atoms with Gasteiger partial charge < -0.3 is 19.7 Å². The van der Waals surface area contributed by atoms with Gasteiger partial charge >= 0.3 is 0 Å². The summed E-state index contributed by atoms with van der Waals surface area (Å²) in [5.41, 5.74) is 4.33. The second-order valence-corrected chi connectivity index (χ2v) is 8.83. The second kappa shape index (κ2) is 12.6. The van der Waals surface area contributed by atoms with Crippen molar-refractivity contribution in [2.45, 2.75) is 41.5 Å². The Balaban J connectivity index is 1.92. The summed E-state index contributed by atoms with van der Waals surface area (Å²) in [7, 11) is 0. The third kappa shape index (κ3) is 6.41. The molecule has 1 aliphatic rings. The standard InChI is InChI=1S/C29H34ClN3O4/c1-7-33(8-2)21-12-13-22(18(5)15-21)31-23-17-24(28(34)27(30)19(23)6)32-29(35)20-11-14-25(36-9-3)26(16-20)37-10-4/h11-17H,7-10H2,1-6H3,(H,32,35)/b31-23+. The summed E-state index contributed by atoms with van der Waals surface area (Å²) in [5.74, 6) is 0.0793. The van der Waals surface area contributed by atoms with Gasteiger partial charge in [0.25, 0.3) is 5.91 Å². The van der Waals surface area contributed by atoms with Crippen LogP contribution in [-0.4, -0.2) is 43.7 Å². The molecule has 0 bridgehead atoms. The summed E-state index contributed by atoms with van der Waals surface area (Å²) in [6, 6.07) is 11.0. The van der Waals surface area contributed by atoms with E-state index < -0.39 is 11.7 Å². The van der Waals surface area contributed by atoms with Crippen molar-refractivity contribution in [3.05, 3.63) is 69.9 Å². The number of rotatable bonds is 10. The minimum atomic E-state index is -0.466. The number of ether oxygens (including phenoxy) is 2. The molecule has 3 rings (SSSR count). The van der Waals surface area contributed by atoms with Crippen molar-refractivity contribution in [2.75, 3.05) is 31.2 Å². The quantitative estimate of drug-likeness (QED) is 0.379. The summed E-state index contributed by atoms with van der Waals surface area (Å²) < 4.78 is 11.2. The maximum absolute atomic E-state index is 13.0. The first-order chi connectivity index (χ1) is 17.7. The van der Waals surface area contributed by atoms with Crippen LogP contribution in [0, 0.1) is 6.92 Å². The summed E-state index contributed by atoms with van der Waals surface area (Å²) in [4.78, 5) is 33.0. The molecule has 0 saturated heterocycles. The number of hydrogen-bond donors (Lipinski definition) is 1. The number of hydrogen-bond acceptors (Lipinski definition) is 6. The largest absolute Gasteiger partial charge is 0.490 e. The lowest BCUT2D eigenvalue weighted by Crippen LogP contribution is -2.31. The first kappa shape index (κ1) is 28.0. The van der Waals surface area contributed by atoms with Crippen molar-refractivity contribution in [2.24, 2.45) is 4.99 Å². The molecular weight excluding hydrogens is 490 g/mol. The fourth-order valence-corrected chi connectivity index (χ4v) is 4.19. The van der Waals surface area contributed by atoms with Gasteiger partial charge in [0, 0.05) is 24.3 Å². The van der Waals surface area contributed by atoms with Crippen LogP contribution in [0.25, 0.3) is 0 Å². The lowest BCUT2D eigenvalue weighted by molar-refractivity contribution is -0.112. The van der Waals surface area contributed by atoms with E-state index in [0.717, 1.165) is 30.0 Å². The molecule has 1 amide bonds. The van der Waals surface area contributed by atoms with Crippen molar-refractivity contribution in [1.29, 1.82) is 0 Å². The molecule has 37 heavy (non-hydrogen) atoms. The number of aliphatic imine (C=N–C) groups is 1. The molecular formula is C29H34ClN3O4. The molecule has 0 saturated carbocycles. The number of nitrogens with one attached hydrogen (secondary N) is 1. The first-order valence-corrected chi connectivity index (χ1v) is 12.9. The van der Waals surface area contributed by atoms with E-state index in [1.165, 1.54) is 0 Å². The van der Waals surface area contributed by atoms with Crippen LogP contribution in [0.1, 0.15) is 50.5 Å². The van der Waals surface area contributed by atoms with E-state index in [1.54, 1.807) is 31.2 Å². The molecule has 0 heterocycles. The number of Topliss-reactive ketones (excluding diaryl/α,β-unsaturated/α-hetero) is 1. The number of nitrogens with zero attached hydrogens (tertiary/aromatic N) is 2. The van der Waals surface area contributed by atoms with Gasteiger partial charge in [-0.3, -0.25) is 9.59 Å². The average molecular weight is 524 g/mol. The van der Waals surface area contributed by atoms with Crippen molar-refractivity contribution >= 4 is 40.4 Å². The van der Waals surface area contributed by atoms with E-state index in [9.17, 15) is 9.59 Å². The molecule has 2 aromatic rings. The monoisotopic (exact) mass is 523 g/mol. The Morgan fingerprint density at radius 1 is 0.973 bits per heavy atom. The van der Waals surface area contributed by atoms with E-state index >= 15 is 0 Å². The summed E-state index contributed by atoms with van der Waals surface area (Å²) in [6.45, 7) is 14.4. The number of anilines is 1. The van der Waals surface area contributed by atoms with Gasteiger partial charge in [-0.1, -0.05) is 11.6 Å². The van der Waals surface area contributed by atoms with Gasteiger partial charge in [0.15, 0.2) is 11.5 Å². The fourth-order valence-electron chi connectivity index (χ4n) is 3.99. The molecule has 0 radical (unpaired) electrons. The van der Waals surface area contributed by atoms with Crippen LogP contribution in [0.2, 0.25) is 0 Å². The maximum Gasteiger partial charge on any atom is 0.255 e. The van der Waals surface area contributed by atoms with Gasteiger partial charge in [-0.2, -0.15) is 0 Å². The van der Waals surface area contributed by atoms with Crippen LogP contribution in [0.5, 0.6) is 11.5 Å². The molecule has 0 spiro atoms. The second-order valence-electron chi connectivity index (χ2n) is 8.45. The Morgan fingerprint density at radius 3 is 2.27 bits per heavy atom. The van der Waals surface area contributed by atoms with Crippen LogP contribution in [-0.2, 0) is 4.79 Å². The van der Waals surface area contributed by atoms with E-state index in [4.69, 9.17) is 26.1 Å². The number of benzene rings is 2. The molecule has 196 valence electrons. The van der Waals surface area contributed by atoms with Crippen LogP contribution in [0.15, 0.2) is 63.8 Å². The Kier molecular flexibility index (Phi) is 9.53. The van der Waals surface area contributed by atoms with Crippen LogP contribution in [0.4, 0.5) is 11.4 Å². The van der Waals surface area contributed by atoms with Gasteiger partial charge in [-0.05, 0) is 95.2 Å². The van der Waals surface area contributed by atoms with E-state index in [1.807, 2.05) is 32.9 Å². The smallest absolute Gasteiger partial charge is 0.255 e. The SMILES string of the molecule is CCOc1ccc(C(=O)NC2=C/C(=N\c3ccc(N(CC)CC)cc3C)C(C)=C(Cl)C2=O)cc1OCC. The minimum absolute atomic E-state index is 0.0238. The van der Waals surface area contributed by atoms with Gasteiger partial charge in [-0.15, -0.1) is 0 Å². The van der Waals surface area contributed by atoms with Crippen LogP contribution >= 0.6 is 11.6 Å². The summed E-state index contributed by atoms with van der Waals surface area (Å²) in [6.07, 6.45) is 1.57. The minimum Gasteiger partial charge on any atom is -0.490 e. The average Bonchev–Trinajstić information content (AvgIpc) is 2.88. The Bertz CT molecular complexity index is 1280. The lowest BCUT2D eigenvalue weighted by atomic mass is 10.0. The Morgan fingerprint density at radius 2 is 1.65 bits per heavy atom. The topological polar surface area (TPSA) is 80.2 Å². The highest BCUT2D eigenvalue weighted by Gasteiger charge is 2.26. The number of aryl methyl sites for hydroxylation is 1. The zero-order chi connectivity index (χ0) is 27.1. The molecule has 1 aliphatic carbocycles. The lowest BCUT2D eigenvalue weighted by Gasteiger charge is -2.22. The summed E-state index contributed by atoms with van der Waals surface area (Å²) >= 11 is 6.38. The predicted molar refractivity (Wildman–Crippen MR) is 150 cm³/mol. The molecule has 0 unspecified atom stereocenters. The molecule has 0 aromatic heterocycles. The third-order valence-corrected chi connectivity index (χ3v) is 6.50. The highest BCUT2D eigenvalue weighted by molar-refractivity contribution is 6.49. The molecule has 0 atom stereocenters. The number of allylic oxidation sites excluding steroid dienone is 3. The molecule has 0 aliphatic heterocycles. The van der Waals surface area contributed by atoms with Crippen molar-refractivity contribution in [3.8, 4) is 11.5 Å². The van der Waals surface area contributed by atoms with Crippen molar-refractivity contribution < 1.29 is 19.1 Å². The van der Waals surface area contributed by atoms with Crippen molar-refractivity contribution in [1.82, 2.24) is 5.32 Å². The highest BCUT2D eigenvalue weighted by atomic mass is 35.5. The van der Waals surface area contributed by atoms with Crippen molar-refractivity contribution in [3.63, 3.8) is 0 Å². The molecule has 8 heteroatoms. The first-order valence-electron chi connectivity index (χ1n) is 12.5. The number of carbonyl (C=O) groups is 2. The maximum atomic E-state index is 13.0. The van der Waals surface area contributed by atoms with Gasteiger partial charge in [-0.25, -0.2) is 4.99 Å². The fraction of sp³-hybridized carbons (Fsp3) is 0.345. The Hall–Kier alpha value is -3.58. The number of halogens is 1. The van der Waals surface area contributed by atoms with E-state index in [0.29, 0.717) is 41.6 Å². The molecule has 2 aromatic carbocycles. The molecule has 1 N–H and O–H groups in total. The van der Waals surface area contributed by atoms with Crippen LogP contribution < -0.4 is 19.7 Å². The zero-order valence-electron chi connectivity index (χ0n) is 22.3. The number of amides is 1. The Labute approximate surface area is 223 Å². The summed E-state index contributed by atoms with van der Waals surface area (Å²) in [5, 5.41) is 2.72. The van der Waals surface area contributed by atoms with Gasteiger partial charge in [0.05, 0.1) is 35.3 Å². The van der Waals surface area contributed by atoms with E-state index in [-0.39, 0.29) is 10.7 Å². The third-order valence-electron chi connectivity index (χ3n) is 6.04. The van der Waals surface area contributed by atoms with E-state index in [2.05, 4.69) is 30.1 Å². The normalized spacial score (nSPS) is 14.5. The van der Waals surface area contributed by atoms with Crippen LogP contribution in [0.3, 0.4) is 0 Å². The van der Waals surface area contributed by atoms with Gasteiger partial charge in [0.1, 0.15) is 0 Å². The molecule has 0 fully saturated rings. The number of carbonyl (C=O) groups excluding carboxylic acids is 2. The zero-order valence-corrected chi connectivity index (χ0v) is 23.0. The highest BCUT2D eigenvalue weighted by Crippen LogP contribution is 2.30. The molecule has 7 nitrogen and oxygen atoms in total. The number of ketones is 1. The predicted octanol–water partition coefficient (Wildman–Crippen LogP) is 6.12.